The van der Waals surface area contributed by atoms with Crippen LogP contribution in [0.1, 0.15) is 13.8 Å². The first-order chi connectivity index (χ1) is 4.97. The molecule has 1 unspecified atom stereocenters. The van der Waals surface area contributed by atoms with Gasteiger partial charge in [0.05, 0.1) is 0 Å². The number of nitrogens with two attached hydrogens (primary N) is 1. The maximum atomic E-state index is 10.0. The third-order valence-electron chi connectivity index (χ3n) is 1.00. The van der Waals surface area contributed by atoms with Crippen molar-refractivity contribution in [2.45, 2.75) is 19.9 Å². The highest BCUT2D eigenvalue weighted by molar-refractivity contribution is 5.73. The molecule has 0 rings (SSSR count). The molecule has 0 aromatic heterocycles. The average Bonchev–Trinajstić information content (AvgIpc) is 1.87. The lowest BCUT2D eigenvalue weighted by Gasteiger charge is -2.07. The summed E-state index contributed by atoms with van der Waals surface area (Å²) in [6.07, 6.45) is 0. The molecule has 0 aliphatic carbocycles. The van der Waals surface area contributed by atoms with Crippen LogP contribution in [0.4, 0.5) is 0 Å². The molecule has 6 nitrogen and oxygen atoms in total. The van der Waals surface area contributed by atoms with E-state index in [4.69, 9.17) is 21.9 Å². The molecule has 4 N–H and O–H groups in total. The van der Waals surface area contributed by atoms with Crippen molar-refractivity contribution in [2.24, 2.45) is 11.7 Å². The van der Waals surface area contributed by atoms with E-state index < -0.39 is 12.0 Å². The summed E-state index contributed by atoms with van der Waals surface area (Å²) in [6, 6.07) is -0.713. The second-order valence-corrected chi connectivity index (χ2v) is 2.21. The minimum Gasteiger partial charge on any atom is -0.480 e. The van der Waals surface area contributed by atoms with Crippen molar-refractivity contribution in [3.63, 3.8) is 0 Å². The van der Waals surface area contributed by atoms with Crippen molar-refractivity contribution in [1.29, 1.82) is 5.53 Å². The summed E-state index contributed by atoms with van der Waals surface area (Å²) >= 11 is 0. The molecule has 0 amide bonds. The Morgan fingerprint density at radius 3 is 2.00 bits per heavy atom. The van der Waals surface area contributed by atoms with Crippen molar-refractivity contribution >= 4 is 5.97 Å². The largest absolute Gasteiger partial charge is 0.480 e. The van der Waals surface area contributed by atoms with Gasteiger partial charge in [0.1, 0.15) is 6.04 Å². The maximum Gasteiger partial charge on any atom is 0.320 e. The van der Waals surface area contributed by atoms with E-state index in [9.17, 15) is 4.79 Å². The van der Waals surface area contributed by atoms with Crippen LogP contribution < -0.4 is 5.73 Å². The fourth-order valence-corrected chi connectivity index (χ4v) is 0.285. The van der Waals surface area contributed by atoms with E-state index in [1.165, 1.54) is 0 Å². The molecule has 0 saturated carbocycles. The molecule has 0 heterocycles. The van der Waals surface area contributed by atoms with Gasteiger partial charge < -0.3 is 10.8 Å². The predicted molar refractivity (Wildman–Crippen MR) is 39.9 cm³/mol. The molecular weight excluding hydrogens is 148 g/mol. The number of hydrogen-bond acceptors (Lipinski definition) is 3. The van der Waals surface area contributed by atoms with Gasteiger partial charge in [-0.2, -0.15) is 0 Å². The number of nitrogens with zero attached hydrogens (tertiary/aromatic N) is 2. The van der Waals surface area contributed by atoms with Crippen molar-refractivity contribution in [1.82, 2.24) is 0 Å². The van der Waals surface area contributed by atoms with Crippen LogP contribution in [-0.4, -0.2) is 17.1 Å². The van der Waals surface area contributed by atoms with Gasteiger partial charge in [-0.05, 0) is 16.4 Å². The van der Waals surface area contributed by atoms with Crippen LogP contribution in [0.2, 0.25) is 0 Å². The zero-order chi connectivity index (χ0) is 9.44. The second-order valence-electron chi connectivity index (χ2n) is 2.21. The van der Waals surface area contributed by atoms with Gasteiger partial charge in [0.15, 0.2) is 0 Å². The molecule has 11 heavy (non-hydrogen) atoms. The van der Waals surface area contributed by atoms with Crippen LogP contribution in [0.15, 0.2) is 0 Å². The zero-order valence-electron chi connectivity index (χ0n) is 6.48. The maximum absolute atomic E-state index is 10.0. The minimum atomic E-state index is -0.931. The van der Waals surface area contributed by atoms with Crippen molar-refractivity contribution in [3.8, 4) is 0 Å². The first-order valence-corrected chi connectivity index (χ1v) is 2.96. The highest BCUT2D eigenvalue weighted by Gasteiger charge is 2.14. The second kappa shape index (κ2) is 6.85. The molecule has 64 valence electrons. The first kappa shape index (κ1) is 12.4. The van der Waals surface area contributed by atoms with E-state index >= 15 is 0 Å². The standard InChI is InChI=1S/C5H11NO2.HN3/c1-3(2)4(6)5(7)8;1-3-2/h3-4H,6H2,1-2H3,(H,7,8);1H. The van der Waals surface area contributed by atoms with Gasteiger partial charge in [0.25, 0.3) is 0 Å². The van der Waals surface area contributed by atoms with Gasteiger partial charge in [0, 0.05) is 0 Å². The monoisotopic (exact) mass is 160 g/mol. The van der Waals surface area contributed by atoms with Gasteiger partial charge in [-0.15, -0.1) is 5.53 Å². The SMILES string of the molecule is CC(C)C(N)C(=O)O.[N-]=[N+]=N. The summed E-state index contributed by atoms with van der Waals surface area (Å²) in [6.45, 7) is 3.55. The van der Waals surface area contributed by atoms with Crippen molar-refractivity contribution in [2.75, 3.05) is 0 Å². The van der Waals surface area contributed by atoms with Crippen molar-refractivity contribution in [3.05, 3.63) is 10.4 Å². The molecule has 0 fully saturated rings. The topological polar surface area (TPSA) is 124 Å². The molecule has 0 spiro atoms. The van der Waals surface area contributed by atoms with Crippen LogP contribution in [0.5, 0.6) is 0 Å². The van der Waals surface area contributed by atoms with Crippen LogP contribution in [0.3, 0.4) is 0 Å². The molecule has 0 aliphatic heterocycles. The lowest BCUT2D eigenvalue weighted by atomic mass is 10.1. The Labute approximate surface area is 64.4 Å². The van der Waals surface area contributed by atoms with Crippen LogP contribution >= 0.6 is 0 Å². The molecule has 1 atom stereocenters. The van der Waals surface area contributed by atoms with E-state index in [2.05, 4.69) is 0 Å². The summed E-state index contributed by atoms with van der Waals surface area (Å²) in [5, 5.41) is 8.23. The molecule has 0 aromatic carbocycles. The number of hydrogen-bond donors (Lipinski definition) is 3. The zero-order valence-corrected chi connectivity index (χ0v) is 6.48. The van der Waals surface area contributed by atoms with E-state index in [1.54, 1.807) is 18.8 Å². The Morgan fingerprint density at radius 1 is 1.73 bits per heavy atom. The quantitative estimate of drug-likeness (QED) is 0.316. The molecule has 0 aromatic rings. The van der Waals surface area contributed by atoms with E-state index in [1.807, 2.05) is 0 Å². The Balaban J connectivity index is 0. The Bertz CT molecular complexity index is 151. The molecule has 0 saturated heterocycles. The summed E-state index contributed by atoms with van der Waals surface area (Å²) in [5.41, 5.74) is 17.4. The summed E-state index contributed by atoms with van der Waals surface area (Å²) < 4.78 is 0. The number of rotatable bonds is 2. The highest BCUT2D eigenvalue weighted by Crippen LogP contribution is 1.96. The van der Waals surface area contributed by atoms with Gasteiger partial charge in [-0.25, -0.2) is 0 Å². The molecular formula is C5H12N4O2. The third-order valence-corrected chi connectivity index (χ3v) is 1.00. The highest BCUT2D eigenvalue weighted by atomic mass is 16.4. The molecule has 6 heteroatoms. The Kier molecular flexibility index (Phi) is 7.74. The number of aliphatic carboxylic acids is 1. The fraction of sp³-hybridized carbons (Fsp3) is 0.800. The van der Waals surface area contributed by atoms with E-state index in [-0.39, 0.29) is 5.92 Å². The van der Waals surface area contributed by atoms with Gasteiger partial charge in [0.2, 0.25) is 0 Å². The predicted octanol–water partition coefficient (Wildman–Crippen LogP) is 0.930. The van der Waals surface area contributed by atoms with Crippen molar-refractivity contribution < 1.29 is 9.90 Å². The van der Waals surface area contributed by atoms with E-state index in [0.29, 0.717) is 0 Å². The third kappa shape index (κ3) is 8.74. The van der Waals surface area contributed by atoms with Gasteiger partial charge in [-0.3, -0.25) is 4.79 Å². The fourth-order valence-electron chi connectivity index (χ4n) is 0.285. The Morgan fingerprint density at radius 2 is 2.00 bits per heavy atom. The number of nitrogens with one attached hydrogen (secondary N) is 1. The lowest BCUT2D eigenvalue weighted by molar-refractivity contribution is -0.139. The number of carboxylic acids is 1. The van der Waals surface area contributed by atoms with E-state index in [0.717, 1.165) is 0 Å². The smallest absolute Gasteiger partial charge is 0.320 e. The summed E-state index contributed by atoms with van der Waals surface area (Å²) in [7, 11) is 0. The van der Waals surface area contributed by atoms with Crippen LogP contribution in [-0.2, 0) is 4.79 Å². The number of carbonyl (C=O) groups is 1. The first-order valence-electron chi connectivity index (χ1n) is 2.96. The van der Waals surface area contributed by atoms with Crippen LogP contribution in [0.25, 0.3) is 10.4 Å². The molecule has 0 bridgehead atoms. The van der Waals surface area contributed by atoms with Crippen LogP contribution in [0, 0.1) is 11.4 Å². The molecule has 0 radical (unpaired) electrons. The summed E-state index contributed by atoms with van der Waals surface area (Å²) in [5.74, 6) is -0.910. The molecule has 0 aliphatic rings. The summed E-state index contributed by atoms with van der Waals surface area (Å²) in [4.78, 5) is 11.8. The lowest BCUT2D eigenvalue weighted by Crippen LogP contribution is -2.34. The number of carboxylic acid groups (broad SMARTS) is 1. The normalized spacial score (nSPS) is 10.9. The van der Waals surface area contributed by atoms with Gasteiger partial charge in [-0.1, -0.05) is 13.8 Å². The average molecular weight is 160 g/mol. The van der Waals surface area contributed by atoms with Gasteiger partial charge >= 0.3 is 5.97 Å². The minimum absolute atomic E-state index is 0.0208. The Hall–Kier alpha value is -1.26.